The molecular weight excluding hydrogens is 198 g/mol. The molecular formula is C10H9NO4. The Morgan fingerprint density at radius 3 is 2.93 bits per heavy atom. The first-order valence-electron chi connectivity index (χ1n) is 4.39. The summed E-state index contributed by atoms with van der Waals surface area (Å²) in [6, 6.07) is 5.21. The molecule has 1 aromatic rings. The zero-order valence-electron chi connectivity index (χ0n) is 8.10. The molecule has 0 aliphatic carbocycles. The zero-order chi connectivity index (χ0) is 10.8. The van der Waals surface area contributed by atoms with Gasteiger partial charge in [-0.3, -0.25) is 10.1 Å². The highest BCUT2D eigenvalue weighted by Crippen LogP contribution is 2.32. The van der Waals surface area contributed by atoms with Gasteiger partial charge in [-0.15, -0.1) is 0 Å². The van der Waals surface area contributed by atoms with Crippen molar-refractivity contribution in [3.63, 3.8) is 0 Å². The van der Waals surface area contributed by atoms with E-state index in [1.54, 1.807) is 18.2 Å². The topological polar surface area (TPSA) is 61.6 Å². The fraction of sp³-hybridized carbons (Fsp3) is 0.200. The Kier molecular flexibility index (Phi) is 2.29. The number of benzene rings is 1. The third-order valence-corrected chi connectivity index (χ3v) is 2.06. The van der Waals surface area contributed by atoms with E-state index >= 15 is 0 Å². The van der Waals surface area contributed by atoms with E-state index in [9.17, 15) is 10.1 Å². The summed E-state index contributed by atoms with van der Waals surface area (Å²) in [5.74, 6) is 1.30. The molecule has 0 bridgehead atoms. The van der Waals surface area contributed by atoms with Crippen LogP contribution in [-0.2, 0) is 0 Å². The third kappa shape index (κ3) is 1.90. The lowest BCUT2D eigenvalue weighted by molar-refractivity contribution is -0.422. The van der Waals surface area contributed by atoms with E-state index in [1.807, 2.05) is 0 Å². The zero-order valence-corrected chi connectivity index (χ0v) is 8.10. The van der Waals surface area contributed by atoms with Gasteiger partial charge >= 0.3 is 0 Å². The number of hydrogen-bond donors (Lipinski definition) is 0. The molecule has 1 heterocycles. The molecule has 0 amide bonds. The molecule has 0 atom stereocenters. The van der Waals surface area contributed by atoms with Crippen LogP contribution in [0.2, 0.25) is 0 Å². The minimum absolute atomic E-state index is 0.0915. The summed E-state index contributed by atoms with van der Waals surface area (Å²) in [5.41, 5.74) is 0.822. The van der Waals surface area contributed by atoms with Crippen molar-refractivity contribution in [2.75, 3.05) is 6.79 Å². The lowest BCUT2D eigenvalue weighted by atomic mass is 10.2. The summed E-state index contributed by atoms with van der Waals surface area (Å²) in [6.07, 6.45) is 1.49. The summed E-state index contributed by atoms with van der Waals surface area (Å²) in [7, 11) is 0. The van der Waals surface area contributed by atoms with Crippen molar-refractivity contribution in [3.05, 3.63) is 39.6 Å². The first-order valence-corrected chi connectivity index (χ1v) is 4.39. The molecule has 0 aromatic heterocycles. The van der Waals surface area contributed by atoms with Crippen molar-refractivity contribution in [3.8, 4) is 11.5 Å². The minimum atomic E-state index is -0.426. The van der Waals surface area contributed by atoms with E-state index in [2.05, 4.69) is 0 Å². The Morgan fingerprint density at radius 1 is 1.47 bits per heavy atom. The molecule has 0 saturated heterocycles. The highest BCUT2D eigenvalue weighted by molar-refractivity contribution is 5.57. The quantitative estimate of drug-likeness (QED) is 0.550. The van der Waals surface area contributed by atoms with Crippen LogP contribution in [0.5, 0.6) is 11.5 Å². The van der Waals surface area contributed by atoms with Gasteiger partial charge in [-0.2, -0.15) is 0 Å². The summed E-state index contributed by atoms with van der Waals surface area (Å²) in [6.45, 7) is 1.65. The van der Waals surface area contributed by atoms with E-state index in [0.717, 1.165) is 5.56 Å². The van der Waals surface area contributed by atoms with Gasteiger partial charge in [0, 0.05) is 13.0 Å². The van der Waals surface area contributed by atoms with Gasteiger partial charge in [0.25, 0.3) is 0 Å². The number of ether oxygens (including phenoxy) is 2. The summed E-state index contributed by atoms with van der Waals surface area (Å²) >= 11 is 0. The van der Waals surface area contributed by atoms with Crippen molar-refractivity contribution >= 4 is 6.08 Å². The van der Waals surface area contributed by atoms with Crippen LogP contribution in [0.3, 0.4) is 0 Å². The molecule has 0 spiro atoms. The number of nitro groups is 1. The molecule has 0 fully saturated rings. The maximum Gasteiger partial charge on any atom is 0.243 e. The number of hydrogen-bond acceptors (Lipinski definition) is 4. The Morgan fingerprint density at radius 2 is 2.20 bits per heavy atom. The van der Waals surface area contributed by atoms with Gasteiger partial charge in [0.15, 0.2) is 11.5 Å². The molecule has 0 saturated carbocycles. The summed E-state index contributed by atoms with van der Waals surface area (Å²) < 4.78 is 10.3. The second kappa shape index (κ2) is 3.61. The minimum Gasteiger partial charge on any atom is -0.454 e. The molecule has 5 nitrogen and oxygen atoms in total. The Hall–Kier alpha value is -2.04. The number of allylic oxidation sites excluding steroid dienone is 1. The van der Waals surface area contributed by atoms with Crippen molar-refractivity contribution in [2.45, 2.75) is 6.92 Å². The Labute approximate surface area is 86.1 Å². The molecule has 1 aromatic carbocycles. The molecule has 1 aliphatic rings. The van der Waals surface area contributed by atoms with Gasteiger partial charge in [-0.25, -0.2) is 0 Å². The van der Waals surface area contributed by atoms with Crippen LogP contribution in [0.4, 0.5) is 0 Å². The fourth-order valence-corrected chi connectivity index (χ4v) is 1.30. The molecule has 5 heteroatoms. The number of fused-ring (bicyclic) bond motifs is 1. The Balaban J connectivity index is 2.31. The van der Waals surface area contributed by atoms with E-state index in [4.69, 9.17) is 9.47 Å². The molecule has 1 aliphatic heterocycles. The molecule has 2 rings (SSSR count). The number of nitrogens with zero attached hydrogens (tertiary/aromatic N) is 1. The van der Waals surface area contributed by atoms with E-state index < -0.39 is 4.92 Å². The van der Waals surface area contributed by atoms with Crippen LogP contribution in [-0.4, -0.2) is 11.7 Å². The Bertz CT molecular complexity index is 439. The van der Waals surface area contributed by atoms with Gasteiger partial charge in [-0.05, 0) is 17.7 Å². The lowest BCUT2D eigenvalue weighted by Gasteiger charge is -1.97. The van der Waals surface area contributed by atoms with Crippen LogP contribution in [0.1, 0.15) is 12.5 Å². The van der Waals surface area contributed by atoms with Gasteiger partial charge in [-0.1, -0.05) is 6.07 Å². The van der Waals surface area contributed by atoms with Crippen molar-refractivity contribution in [2.24, 2.45) is 0 Å². The normalized spacial score (nSPS) is 14.1. The SMILES string of the molecule is CC(=Cc1ccc2c(c1)OCO2)[N+](=O)[O-]. The summed E-state index contributed by atoms with van der Waals surface area (Å²) in [4.78, 5) is 9.99. The number of rotatable bonds is 2. The molecule has 0 unspecified atom stereocenters. The molecule has 0 N–H and O–H groups in total. The molecule has 15 heavy (non-hydrogen) atoms. The monoisotopic (exact) mass is 207 g/mol. The summed E-state index contributed by atoms with van der Waals surface area (Å²) in [5, 5.41) is 10.4. The second-order valence-corrected chi connectivity index (χ2v) is 3.16. The largest absolute Gasteiger partial charge is 0.454 e. The van der Waals surface area contributed by atoms with Crippen LogP contribution in [0, 0.1) is 10.1 Å². The van der Waals surface area contributed by atoms with Gasteiger partial charge in [0.05, 0.1) is 4.92 Å². The van der Waals surface area contributed by atoms with E-state index in [0.29, 0.717) is 11.5 Å². The average molecular weight is 207 g/mol. The molecule has 0 radical (unpaired) electrons. The van der Waals surface area contributed by atoms with Crippen LogP contribution in [0.15, 0.2) is 23.9 Å². The van der Waals surface area contributed by atoms with E-state index in [-0.39, 0.29) is 12.5 Å². The fourth-order valence-electron chi connectivity index (χ4n) is 1.30. The first-order chi connectivity index (χ1) is 7.16. The highest BCUT2D eigenvalue weighted by atomic mass is 16.7. The van der Waals surface area contributed by atoms with Gasteiger partial charge < -0.3 is 9.47 Å². The average Bonchev–Trinajstić information content (AvgIpc) is 2.64. The predicted molar refractivity (Wildman–Crippen MR) is 53.2 cm³/mol. The van der Waals surface area contributed by atoms with Crippen LogP contribution < -0.4 is 9.47 Å². The standard InChI is InChI=1S/C10H9NO4/c1-7(11(12)13)4-8-2-3-9-10(5-8)15-6-14-9/h2-5H,6H2,1H3. The van der Waals surface area contributed by atoms with E-state index in [1.165, 1.54) is 13.0 Å². The first kappa shape index (κ1) is 9.51. The van der Waals surface area contributed by atoms with Gasteiger partial charge in [0.1, 0.15) is 0 Å². The predicted octanol–water partition coefficient (Wildman–Crippen LogP) is 2.05. The second-order valence-electron chi connectivity index (χ2n) is 3.16. The maximum absolute atomic E-state index is 10.4. The van der Waals surface area contributed by atoms with Crippen molar-refractivity contribution in [1.82, 2.24) is 0 Å². The van der Waals surface area contributed by atoms with Crippen molar-refractivity contribution < 1.29 is 14.4 Å². The smallest absolute Gasteiger partial charge is 0.243 e. The lowest BCUT2D eigenvalue weighted by Crippen LogP contribution is -1.93. The van der Waals surface area contributed by atoms with Crippen LogP contribution in [0.25, 0.3) is 6.08 Å². The van der Waals surface area contributed by atoms with Crippen molar-refractivity contribution in [1.29, 1.82) is 0 Å². The maximum atomic E-state index is 10.4. The third-order valence-electron chi connectivity index (χ3n) is 2.06. The van der Waals surface area contributed by atoms with Gasteiger partial charge in [0.2, 0.25) is 12.5 Å². The molecule has 78 valence electrons. The van der Waals surface area contributed by atoms with Crippen LogP contribution >= 0.6 is 0 Å². The highest BCUT2D eigenvalue weighted by Gasteiger charge is 2.13.